The second-order valence-electron chi connectivity index (χ2n) is 6.65. The number of nitrogens with one attached hydrogen (secondary N) is 2. The van der Waals surface area contributed by atoms with E-state index in [1.807, 2.05) is 31.2 Å². The van der Waals surface area contributed by atoms with Crippen molar-refractivity contribution in [1.82, 2.24) is 20.1 Å². The molecule has 1 saturated carbocycles. The van der Waals surface area contributed by atoms with Crippen LogP contribution in [0.5, 0.6) is 5.75 Å². The van der Waals surface area contributed by atoms with Crippen molar-refractivity contribution in [2.24, 2.45) is 0 Å². The fourth-order valence-corrected chi connectivity index (χ4v) is 3.59. The third-order valence-corrected chi connectivity index (χ3v) is 5.02. The first-order chi connectivity index (χ1) is 12.7. The minimum absolute atomic E-state index is 0.0124. The summed E-state index contributed by atoms with van der Waals surface area (Å²) in [4.78, 5) is 12.5. The third kappa shape index (κ3) is 4.72. The van der Waals surface area contributed by atoms with E-state index in [0.29, 0.717) is 17.2 Å². The smallest absolute Gasteiger partial charge is 0.240 e. The van der Waals surface area contributed by atoms with Crippen LogP contribution >= 0.6 is 12.2 Å². The Morgan fingerprint density at radius 3 is 2.62 bits per heavy atom. The Bertz CT molecular complexity index is 774. The minimum atomic E-state index is -0.0124. The van der Waals surface area contributed by atoms with Crippen molar-refractivity contribution >= 4 is 18.1 Å². The number of nitrogens with zero attached hydrogens (tertiary/aromatic N) is 2. The second-order valence-corrected chi connectivity index (χ2v) is 7.04. The Morgan fingerprint density at radius 2 is 1.96 bits per heavy atom. The molecule has 3 rings (SSSR count). The summed E-state index contributed by atoms with van der Waals surface area (Å²) in [6, 6.07) is 7.92. The number of H-pyrrole nitrogens is 1. The lowest BCUT2D eigenvalue weighted by molar-refractivity contribution is -0.122. The summed E-state index contributed by atoms with van der Waals surface area (Å²) in [5.74, 6) is 1.46. The molecule has 0 unspecified atom stereocenters. The highest BCUT2D eigenvalue weighted by molar-refractivity contribution is 7.71. The molecule has 1 aliphatic rings. The molecule has 0 atom stereocenters. The van der Waals surface area contributed by atoms with Gasteiger partial charge in [-0.25, -0.2) is 0 Å². The van der Waals surface area contributed by atoms with Gasteiger partial charge in [-0.1, -0.05) is 25.7 Å². The van der Waals surface area contributed by atoms with Crippen LogP contribution in [0.25, 0.3) is 11.4 Å². The summed E-state index contributed by atoms with van der Waals surface area (Å²) < 4.78 is 7.67. The summed E-state index contributed by atoms with van der Waals surface area (Å²) in [7, 11) is 0. The molecule has 0 aliphatic heterocycles. The molecule has 0 radical (unpaired) electrons. The molecule has 1 aliphatic carbocycles. The van der Waals surface area contributed by atoms with E-state index in [9.17, 15) is 4.79 Å². The molecule has 0 bridgehead atoms. The Kier molecular flexibility index (Phi) is 6.44. The monoisotopic (exact) mass is 374 g/mol. The average Bonchev–Trinajstić information content (AvgIpc) is 2.83. The van der Waals surface area contributed by atoms with Crippen molar-refractivity contribution in [2.45, 2.75) is 58.0 Å². The Balaban J connectivity index is 1.71. The first-order valence-corrected chi connectivity index (χ1v) is 9.76. The van der Waals surface area contributed by atoms with E-state index in [4.69, 9.17) is 17.0 Å². The number of aromatic nitrogens is 3. The predicted octanol–water partition coefficient (Wildman–Crippen LogP) is 3.85. The highest BCUT2D eigenvalue weighted by Crippen LogP contribution is 2.21. The van der Waals surface area contributed by atoms with Gasteiger partial charge < -0.3 is 10.1 Å². The van der Waals surface area contributed by atoms with Crippen LogP contribution in [-0.4, -0.2) is 33.3 Å². The largest absolute Gasteiger partial charge is 0.494 e. The fourth-order valence-electron chi connectivity index (χ4n) is 3.39. The highest BCUT2D eigenvalue weighted by Gasteiger charge is 2.17. The minimum Gasteiger partial charge on any atom is -0.494 e. The van der Waals surface area contributed by atoms with E-state index in [-0.39, 0.29) is 18.5 Å². The van der Waals surface area contributed by atoms with Crippen molar-refractivity contribution in [1.29, 1.82) is 0 Å². The zero-order valence-corrected chi connectivity index (χ0v) is 16.0. The summed E-state index contributed by atoms with van der Waals surface area (Å²) in [5, 5.41) is 10.3. The maximum atomic E-state index is 12.5. The molecule has 1 aromatic heterocycles. The average molecular weight is 375 g/mol. The summed E-state index contributed by atoms with van der Waals surface area (Å²) in [5.41, 5.74) is 0.892. The summed E-state index contributed by atoms with van der Waals surface area (Å²) in [6.07, 6.45) is 7.03. The first kappa shape index (κ1) is 18.6. The Morgan fingerprint density at radius 1 is 1.27 bits per heavy atom. The number of ether oxygens (including phenoxy) is 1. The topological polar surface area (TPSA) is 71.9 Å². The fraction of sp³-hybridized carbons (Fsp3) is 0.526. The van der Waals surface area contributed by atoms with Gasteiger partial charge in [-0.15, -0.1) is 0 Å². The van der Waals surface area contributed by atoms with E-state index in [2.05, 4.69) is 15.5 Å². The summed E-state index contributed by atoms with van der Waals surface area (Å²) >= 11 is 5.32. The van der Waals surface area contributed by atoms with Gasteiger partial charge in [0.25, 0.3) is 0 Å². The number of rotatable bonds is 6. The second kappa shape index (κ2) is 8.98. The number of benzene rings is 1. The molecule has 140 valence electrons. The van der Waals surface area contributed by atoms with Gasteiger partial charge >= 0.3 is 0 Å². The normalized spacial score (nSPS) is 15.4. The van der Waals surface area contributed by atoms with Gasteiger partial charge in [-0.3, -0.25) is 14.5 Å². The lowest BCUT2D eigenvalue weighted by Crippen LogP contribution is -2.36. The molecule has 1 heterocycles. The van der Waals surface area contributed by atoms with Gasteiger partial charge in [0, 0.05) is 11.6 Å². The molecule has 26 heavy (non-hydrogen) atoms. The first-order valence-electron chi connectivity index (χ1n) is 9.35. The van der Waals surface area contributed by atoms with Gasteiger partial charge in [0.1, 0.15) is 12.3 Å². The molecule has 1 aromatic carbocycles. The van der Waals surface area contributed by atoms with Gasteiger partial charge in [0.2, 0.25) is 5.91 Å². The van der Waals surface area contributed by atoms with Gasteiger partial charge in [0.15, 0.2) is 10.6 Å². The molecule has 1 fully saturated rings. The molecule has 6 nitrogen and oxygen atoms in total. The number of hydrogen-bond acceptors (Lipinski definition) is 4. The molecule has 1 amide bonds. The van der Waals surface area contributed by atoms with Crippen LogP contribution < -0.4 is 10.1 Å². The molecular formula is C19H26N4O2S. The summed E-state index contributed by atoms with van der Waals surface area (Å²) in [6.45, 7) is 2.75. The number of carbonyl (C=O) groups is 1. The number of aromatic amines is 1. The number of amides is 1. The zero-order valence-electron chi connectivity index (χ0n) is 15.2. The van der Waals surface area contributed by atoms with Crippen molar-refractivity contribution < 1.29 is 9.53 Å². The lowest BCUT2D eigenvalue weighted by Gasteiger charge is -2.16. The molecule has 0 saturated heterocycles. The third-order valence-electron chi connectivity index (χ3n) is 4.70. The van der Waals surface area contributed by atoms with Crippen molar-refractivity contribution in [3.05, 3.63) is 29.0 Å². The molecule has 2 N–H and O–H groups in total. The molecular weight excluding hydrogens is 348 g/mol. The Hall–Kier alpha value is -2.15. The number of carbonyl (C=O) groups excluding carboxylic acids is 1. The van der Waals surface area contributed by atoms with Crippen LogP contribution in [0.15, 0.2) is 24.3 Å². The van der Waals surface area contributed by atoms with Gasteiger partial charge in [-0.05, 0) is 56.2 Å². The van der Waals surface area contributed by atoms with E-state index in [1.54, 1.807) is 4.57 Å². The maximum absolute atomic E-state index is 12.5. The van der Waals surface area contributed by atoms with E-state index >= 15 is 0 Å². The van der Waals surface area contributed by atoms with Crippen LogP contribution in [0.2, 0.25) is 0 Å². The van der Waals surface area contributed by atoms with Gasteiger partial charge in [-0.2, -0.15) is 5.10 Å². The Labute approximate surface area is 159 Å². The van der Waals surface area contributed by atoms with Crippen molar-refractivity contribution in [3.8, 4) is 17.1 Å². The van der Waals surface area contributed by atoms with Crippen molar-refractivity contribution in [2.75, 3.05) is 6.61 Å². The van der Waals surface area contributed by atoms with Crippen LogP contribution in [0.3, 0.4) is 0 Å². The number of hydrogen-bond donors (Lipinski definition) is 2. The standard InChI is InChI=1S/C19H26N4O2S/c1-2-25-16-11-9-14(10-12-16)18-21-22-19(26)23(18)13-17(24)20-15-7-5-3-4-6-8-15/h9-12,15H,2-8,13H2,1H3,(H,20,24)(H,22,26). The molecule has 2 aromatic rings. The molecule has 7 heteroatoms. The van der Waals surface area contributed by atoms with E-state index in [0.717, 1.165) is 24.2 Å². The quantitative estimate of drug-likeness (QED) is 0.595. The van der Waals surface area contributed by atoms with E-state index in [1.165, 1.54) is 25.7 Å². The van der Waals surface area contributed by atoms with Crippen molar-refractivity contribution in [3.63, 3.8) is 0 Å². The van der Waals surface area contributed by atoms with Crippen LogP contribution in [-0.2, 0) is 11.3 Å². The maximum Gasteiger partial charge on any atom is 0.240 e. The van der Waals surface area contributed by atoms with Crippen LogP contribution in [0, 0.1) is 4.77 Å². The molecule has 0 spiro atoms. The van der Waals surface area contributed by atoms with E-state index < -0.39 is 0 Å². The zero-order chi connectivity index (χ0) is 18.4. The van der Waals surface area contributed by atoms with Crippen LogP contribution in [0.1, 0.15) is 45.4 Å². The highest BCUT2D eigenvalue weighted by atomic mass is 32.1. The van der Waals surface area contributed by atoms with Gasteiger partial charge in [0.05, 0.1) is 6.61 Å². The van der Waals surface area contributed by atoms with Crippen LogP contribution in [0.4, 0.5) is 0 Å². The lowest BCUT2D eigenvalue weighted by atomic mass is 10.1. The predicted molar refractivity (Wildman–Crippen MR) is 104 cm³/mol. The SMILES string of the molecule is CCOc1ccc(-c2n[nH]c(=S)n2CC(=O)NC2CCCCCC2)cc1.